The second kappa shape index (κ2) is 4.82. The van der Waals surface area contributed by atoms with Gasteiger partial charge >= 0.3 is 6.16 Å². The van der Waals surface area contributed by atoms with Crippen molar-refractivity contribution in [2.24, 2.45) is 0 Å². The lowest BCUT2D eigenvalue weighted by Gasteiger charge is -2.27. The number of hydrogen-bond donors (Lipinski definition) is 0. The predicted molar refractivity (Wildman–Crippen MR) is 57.6 cm³/mol. The Morgan fingerprint density at radius 2 is 1.93 bits per heavy atom. The van der Waals surface area contributed by atoms with Crippen LogP contribution in [0.1, 0.15) is 25.8 Å². The average molecular weight is 208 g/mol. The van der Waals surface area contributed by atoms with E-state index in [-0.39, 0.29) is 0 Å². The van der Waals surface area contributed by atoms with Gasteiger partial charge in [-0.05, 0) is 18.9 Å². The summed E-state index contributed by atoms with van der Waals surface area (Å²) in [5, 5.41) is 0. The first-order chi connectivity index (χ1) is 7.12. The van der Waals surface area contributed by atoms with Crippen LogP contribution in [-0.2, 0) is 15.1 Å². The molecule has 15 heavy (non-hydrogen) atoms. The molecule has 3 heteroatoms. The van der Waals surface area contributed by atoms with Crippen molar-refractivity contribution < 1.29 is 14.3 Å². The van der Waals surface area contributed by atoms with Gasteiger partial charge in [0.05, 0.1) is 7.11 Å². The lowest BCUT2D eigenvalue weighted by molar-refractivity contribution is -0.0227. The quantitative estimate of drug-likeness (QED) is 0.716. The van der Waals surface area contributed by atoms with Gasteiger partial charge in [0.15, 0.2) is 0 Å². The molecule has 0 amide bonds. The minimum absolute atomic E-state index is 0.617. The maximum absolute atomic E-state index is 11.1. The van der Waals surface area contributed by atoms with Crippen LogP contribution in [0.4, 0.5) is 4.79 Å². The van der Waals surface area contributed by atoms with Crippen molar-refractivity contribution >= 4 is 6.16 Å². The van der Waals surface area contributed by atoms with Crippen LogP contribution in [0, 0.1) is 0 Å². The van der Waals surface area contributed by atoms with E-state index in [0.717, 1.165) is 5.56 Å². The van der Waals surface area contributed by atoms with E-state index >= 15 is 0 Å². The first kappa shape index (κ1) is 11.6. The summed E-state index contributed by atoms with van der Waals surface area (Å²) in [5.41, 5.74) is 0.354. The van der Waals surface area contributed by atoms with Crippen molar-refractivity contribution in [1.29, 1.82) is 0 Å². The molecule has 0 aromatic heterocycles. The van der Waals surface area contributed by atoms with Gasteiger partial charge in [-0.15, -0.1) is 0 Å². The Kier molecular flexibility index (Phi) is 3.72. The second-order valence-corrected chi connectivity index (χ2v) is 3.51. The molecule has 0 aliphatic carbocycles. The van der Waals surface area contributed by atoms with E-state index in [4.69, 9.17) is 4.74 Å². The van der Waals surface area contributed by atoms with Gasteiger partial charge in [0, 0.05) is 0 Å². The largest absolute Gasteiger partial charge is 0.508 e. The molecular formula is C12H16O3. The van der Waals surface area contributed by atoms with Crippen LogP contribution in [0.25, 0.3) is 0 Å². The molecule has 0 saturated carbocycles. The molecule has 1 unspecified atom stereocenters. The predicted octanol–water partition coefficient (Wildman–Crippen LogP) is 3.09. The van der Waals surface area contributed by atoms with Gasteiger partial charge in [-0.1, -0.05) is 37.3 Å². The summed E-state index contributed by atoms with van der Waals surface area (Å²) in [7, 11) is 1.31. The summed E-state index contributed by atoms with van der Waals surface area (Å²) >= 11 is 0. The Morgan fingerprint density at radius 3 is 2.40 bits per heavy atom. The van der Waals surface area contributed by atoms with Crippen LogP contribution in [0.3, 0.4) is 0 Å². The third kappa shape index (κ3) is 2.72. The van der Waals surface area contributed by atoms with Gasteiger partial charge in [0.25, 0.3) is 0 Å². The summed E-state index contributed by atoms with van der Waals surface area (Å²) in [6, 6.07) is 9.64. The van der Waals surface area contributed by atoms with Gasteiger partial charge in [-0.2, -0.15) is 0 Å². The topological polar surface area (TPSA) is 35.5 Å². The van der Waals surface area contributed by atoms with E-state index in [2.05, 4.69) is 4.74 Å². The fourth-order valence-corrected chi connectivity index (χ4v) is 1.35. The molecular weight excluding hydrogens is 192 g/mol. The van der Waals surface area contributed by atoms with Crippen molar-refractivity contribution in [1.82, 2.24) is 0 Å². The number of hydrogen-bond acceptors (Lipinski definition) is 3. The molecule has 0 bridgehead atoms. The van der Waals surface area contributed by atoms with Crippen LogP contribution >= 0.6 is 0 Å². The Labute approximate surface area is 90.0 Å². The van der Waals surface area contributed by atoms with E-state index in [1.54, 1.807) is 0 Å². The van der Waals surface area contributed by atoms with Crippen LogP contribution in [0.15, 0.2) is 30.3 Å². The summed E-state index contributed by atoms with van der Waals surface area (Å²) in [6.45, 7) is 3.84. The monoisotopic (exact) mass is 208 g/mol. The SMILES string of the molecule is CCC(C)(OC(=O)OC)c1ccccc1. The van der Waals surface area contributed by atoms with Crippen molar-refractivity contribution in [3.8, 4) is 0 Å². The molecule has 0 saturated heterocycles. The number of methoxy groups -OCH3 is 1. The minimum Gasteiger partial charge on any atom is -0.438 e. The molecule has 0 heterocycles. The van der Waals surface area contributed by atoms with Crippen LogP contribution < -0.4 is 0 Å². The summed E-state index contributed by atoms with van der Waals surface area (Å²) in [6.07, 6.45) is 0.0507. The fourth-order valence-electron chi connectivity index (χ4n) is 1.35. The van der Waals surface area contributed by atoms with Gasteiger partial charge in [0.1, 0.15) is 5.60 Å². The van der Waals surface area contributed by atoms with Crippen molar-refractivity contribution in [3.63, 3.8) is 0 Å². The standard InChI is InChI=1S/C12H16O3/c1-4-12(2,15-11(13)14-3)10-8-6-5-7-9-10/h5-9H,4H2,1-3H3. The zero-order valence-electron chi connectivity index (χ0n) is 9.32. The Balaban J connectivity index is 2.90. The lowest BCUT2D eigenvalue weighted by atomic mass is 9.93. The highest BCUT2D eigenvalue weighted by Crippen LogP contribution is 2.29. The molecule has 0 aliphatic rings. The van der Waals surface area contributed by atoms with Gasteiger partial charge < -0.3 is 9.47 Å². The number of rotatable bonds is 3. The number of benzene rings is 1. The molecule has 0 fully saturated rings. The third-order valence-electron chi connectivity index (χ3n) is 2.53. The van der Waals surface area contributed by atoms with E-state index in [1.807, 2.05) is 44.2 Å². The van der Waals surface area contributed by atoms with Gasteiger partial charge in [-0.3, -0.25) is 0 Å². The average Bonchev–Trinajstić information content (AvgIpc) is 2.30. The van der Waals surface area contributed by atoms with Crippen LogP contribution in [-0.4, -0.2) is 13.3 Å². The van der Waals surface area contributed by atoms with Crippen molar-refractivity contribution in [3.05, 3.63) is 35.9 Å². The Hall–Kier alpha value is -1.51. The Bertz CT molecular complexity index is 321. The first-order valence-electron chi connectivity index (χ1n) is 4.95. The maximum Gasteiger partial charge on any atom is 0.508 e. The van der Waals surface area contributed by atoms with Crippen LogP contribution in [0.2, 0.25) is 0 Å². The highest BCUT2D eigenvalue weighted by atomic mass is 16.7. The molecule has 82 valence electrons. The molecule has 0 spiro atoms. The van der Waals surface area contributed by atoms with Crippen LogP contribution in [0.5, 0.6) is 0 Å². The third-order valence-corrected chi connectivity index (χ3v) is 2.53. The normalized spacial score (nSPS) is 14.1. The molecule has 1 rings (SSSR count). The zero-order chi connectivity index (χ0) is 11.3. The molecule has 0 radical (unpaired) electrons. The molecule has 0 aliphatic heterocycles. The first-order valence-corrected chi connectivity index (χ1v) is 4.95. The molecule has 1 aromatic rings. The highest BCUT2D eigenvalue weighted by Gasteiger charge is 2.29. The lowest BCUT2D eigenvalue weighted by Crippen LogP contribution is -2.28. The molecule has 1 atom stereocenters. The van der Waals surface area contributed by atoms with E-state index in [9.17, 15) is 4.79 Å². The summed E-state index contributed by atoms with van der Waals surface area (Å²) < 4.78 is 9.77. The van der Waals surface area contributed by atoms with Gasteiger partial charge in [0.2, 0.25) is 0 Å². The van der Waals surface area contributed by atoms with E-state index in [0.29, 0.717) is 6.42 Å². The van der Waals surface area contributed by atoms with Crippen molar-refractivity contribution in [2.75, 3.05) is 7.11 Å². The zero-order valence-corrected chi connectivity index (χ0v) is 9.32. The fraction of sp³-hybridized carbons (Fsp3) is 0.417. The molecule has 3 nitrogen and oxygen atoms in total. The highest BCUT2D eigenvalue weighted by molar-refractivity contribution is 5.60. The smallest absolute Gasteiger partial charge is 0.438 e. The molecule has 0 N–H and O–H groups in total. The number of ether oxygens (including phenoxy) is 2. The summed E-state index contributed by atoms with van der Waals surface area (Å²) in [4.78, 5) is 11.1. The number of carbonyl (C=O) groups excluding carboxylic acids is 1. The van der Waals surface area contributed by atoms with Gasteiger partial charge in [-0.25, -0.2) is 4.79 Å². The van der Waals surface area contributed by atoms with E-state index < -0.39 is 11.8 Å². The number of carbonyl (C=O) groups is 1. The van der Waals surface area contributed by atoms with Crippen molar-refractivity contribution in [2.45, 2.75) is 25.9 Å². The Morgan fingerprint density at radius 1 is 1.33 bits per heavy atom. The van der Waals surface area contributed by atoms with E-state index in [1.165, 1.54) is 7.11 Å². The second-order valence-electron chi connectivity index (χ2n) is 3.51. The summed E-state index contributed by atoms with van der Waals surface area (Å²) in [5.74, 6) is 0. The maximum atomic E-state index is 11.1. The minimum atomic E-state index is -0.650. The molecule has 1 aromatic carbocycles.